The fraction of sp³-hybridized carbons (Fsp3) is 0.385. The Morgan fingerprint density at radius 2 is 2.06 bits per heavy atom. The van der Waals surface area contributed by atoms with Crippen LogP contribution in [0.2, 0.25) is 0 Å². The molecular formula is C13H16N2O2S. The van der Waals surface area contributed by atoms with E-state index in [1.54, 1.807) is 30.5 Å². The molecule has 2 atom stereocenters. The second-order valence-corrected chi connectivity index (χ2v) is 5.90. The van der Waals surface area contributed by atoms with E-state index in [9.17, 15) is 9.00 Å². The summed E-state index contributed by atoms with van der Waals surface area (Å²) in [5, 5.41) is 11.3. The number of nitrogens with one attached hydrogen (secondary N) is 1. The summed E-state index contributed by atoms with van der Waals surface area (Å²) < 4.78 is 11.1. The summed E-state index contributed by atoms with van der Waals surface area (Å²) >= 11 is 0. The van der Waals surface area contributed by atoms with Gasteiger partial charge in [0.25, 0.3) is 0 Å². The monoisotopic (exact) mass is 264 g/mol. The van der Waals surface area contributed by atoms with Crippen molar-refractivity contribution in [2.24, 2.45) is 0 Å². The third-order valence-electron chi connectivity index (χ3n) is 2.60. The zero-order chi connectivity index (χ0) is 13.5. The zero-order valence-electron chi connectivity index (χ0n) is 10.5. The molecule has 0 heterocycles. The van der Waals surface area contributed by atoms with Crippen molar-refractivity contribution < 1.29 is 9.00 Å². The first-order chi connectivity index (χ1) is 8.52. The first-order valence-electron chi connectivity index (χ1n) is 5.61. The number of nitrogens with zero attached hydrogens (tertiary/aromatic N) is 1. The smallest absolute Gasteiger partial charge is 0.224 e. The Kier molecular flexibility index (Phi) is 5.53. The summed E-state index contributed by atoms with van der Waals surface area (Å²) in [5.74, 6) is -0.1000. The van der Waals surface area contributed by atoms with Crippen LogP contribution in [0.25, 0.3) is 0 Å². The van der Waals surface area contributed by atoms with Gasteiger partial charge in [0.1, 0.15) is 0 Å². The number of hydrogen-bond acceptors (Lipinski definition) is 3. The molecule has 0 fully saturated rings. The lowest BCUT2D eigenvalue weighted by Crippen LogP contribution is -2.33. The maximum absolute atomic E-state index is 11.6. The van der Waals surface area contributed by atoms with Crippen molar-refractivity contribution in [1.29, 1.82) is 5.26 Å². The molecule has 0 aliphatic carbocycles. The average Bonchev–Trinajstić information content (AvgIpc) is 2.36. The Labute approximate surface area is 109 Å². The van der Waals surface area contributed by atoms with Gasteiger partial charge < -0.3 is 5.32 Å². The van der Waals surface area contributed by atoms with Crippen molar-refractivity contribution in [2.75, 3.05) is 12.8 Å². The van der Waals surface area contributed by atoms with Crippen molar-refractivity contribution in [1.82, 2.24) is 5.32 Å². The Bertz CT molecular complexity index is 477. The molecule has 0 spiro atoms. The molecule has 0 bridgehead atoms. The molecule has 5 heteroatoms. The quantitative estimate of drug-likeness (QED) is 0.862. The highest BCUT2D eigenvalue weighted by Crippen LogP contribution is 2.04. The van der Waals surface area contributed by atoms with Gasteiger partial charge in [-0.15, -0.1) is 0 Å². The largest absolute Gasteiger partial charge is 0.355 e. The van der Waals surface area contributed by atoms with Crippen LogP contribution in [0.5, 0.6) is 0 Å². The number of benzene rings is 1. The van der Waals surface area contributed by atoms with E-state index >= 15 is 0 Å². The topological polar surface area (TPSA) is 70.0 Å². The fourth-order valence-electron chi connectivity index (χ4n) is 1.32. The van der Waals surface area contributed by atoms with Crippen LogP contribution in [0.4, 0.5) is 0 Å². The Morgan fingerprint density at radius 1 is 1.44 bits per heavy atom. The van der Waals surface area contributed by atoms with E-state index in [1.807, 2.05) is 13.0 Å². The molecule has 4 nitrogen and oxygen atoms in total. The van der Waals surface area contributed by atoms with Gasteiger partial charge in [-0.1, -0.05) is 12.1 Å². The SMILES string of the molecule is CC(CNC(=O)Cc1ccc(C#N)cc1)S(C)=O. The highest BCUT2D eigenvalue weighted by molar-refractivity contribution is 7.84. The third-order valence-corrected chi connectivity index (χ3v) is 3.90. The number of nitriles is 1. The molecule has 1 aromatic rings. The van der Waals surface area contributed by atoms with Crippen molar-refractivity contribution in [3.8, 4) is 6.07 Å². The van der Waals surface area contributed by atoms with Gasteiger partial charge in [0.05, 0.1) is 18.1 Å². The van der Waals surface area contributed by atoms with E-state index in [-0.39, 0.29) is 17.6 Å². The summed E-state index contributed by atoms with van der Waals surface area (Å²) in [6.07, 6.45) is 1.90. The van der Waals surface area contributed by atoms with E-state index < -0.39 is 10.8 Å². The van der Waals surface area contributed by atoms with Crippen molar-refractivity contribution in [2.45, 2.75) is 18.6 Å². The molecule has 0 saturated carbocycles. The minimum absolute atomic E-state index is 0.0464. The van der Waals surface area contributed by atoms with E-state index in [1.165, 1.54) is 0 Å². The second kappa shape index (κ2) is 6.92. The predicted molar refractivity (Wildman–Crippen MR) is 71.4 cm³/mol. The molecule has 1 N–H and O–H groups in total. The molecule has 96 valence electrons. The molecule has 2 unspecified atom stereocenters. The molecular weight excluding hydrogens is 248 g/mol. The van der Waals surface area contributed by atoms with Gasteiger partial charge in [-0.25, -0.2) is 0 Å². The summed E-state index contributed by atoms with van der Waals surface area (Å²) in [6.45, 7) is 2.25. The van der Waals surface area contributed by atoms with Crippen molar-refractivity contribution >= 4 is 16.7 Å². The van der Waals surface area contributed by atoms with Crippen molar-refractivity contribution in [3.63, 3.8) is 0 Å². The third kappa shape index (κ3) is 4.68. The van der Waals surface area contributed by atoms with Crippen LogP contribution >= 0.6 is 0 Å². The van der Waals surface area contributed by atoms with E-state index in [4.69, 9.17) is 5.26 Å². The first kappa shape index (κ1) is 14.4. The van der Waals surface area contributed by atoms with Crippen LogP contribution in [-0.4, -0.2) is 28.2 Å². The lowest BCUT2D eigenvalue weighted by atomic mass is 10.1. The summed E-state index contributed by atoms with van der Waals surface area (Å²) in [5.41, 5.74) is 1.44. The molecule has 18 heavy (non-hydrogen) atoms. The molecule has 1 rings (SSSR count). The number of amides is 1. The minimum atomic E-state index is -0.928. The number of hydrogen-bond donors (Lipinski definition) is 1. The summed E-state index contributed by atoms with van der Waals surface area (Å²) in [7, 11) is -0.928. The normalized spacial score (nSPS) is 13.4. The van der Waals surface area contributed by atoms with E-state index in [2.05, 4.69) is 5.32 Å². The highest BCUT2D eigenvalue weighted by Gasteiger charge is 2.08. The molecule has 1 aromatic carbocycles. The average molecular weight is 264 g/mol. The lowest BCUT2D eigenvalue weighted by Gasteiger charge is -2.09. The summed E-state index contributed by atoms with van der Waals surface area (Å²) in [4.78, 5) is 11.6. The maximum atomic E-state index is 11.6. The first-order valence-corrected chi connectivity index (χ1v) is 7.23. The predicted octanol–water partition coefficient (Wildman–Crippen LogP) is 0.984. The fourth-order valence-corrected chi connectivity index (χ4v) is 1.64. The standard InChI is InChI=1S/C13H16N2O2S/c1-10(18(2)17)9-15-13(16)7-11-3-5-12(8-14)6-4-11/h3-6,10H,7,9H2,1-2H3,(H,15,16). The second-order valence-electron chi connectivity index (χ2n) is 4.10. The molecule has 0 radical (unpaired) electrons. The van der Waals surface area contributed by atoms with Gasteiger partial charge in [0.15, 0.2) is 0 Å². The molecule has 0 aliphatic rings. The molecule has 0 aliphatic heterocycles. The molecule has 0 saturated heterocycles. The van der Waals surface area contributed by atoms with Crippen LogP contribution in [0, 0.1) is 11.3 Å². The Hall–Kier alpha value is -1.67. The van der Waals surface area contributed by atoms with Crippen LogP contribution < -0.4 is 5.32 Å². The van der Waals surface area contributed by atoms with Gasteiger partial charge in [-0.2, -0.15) is 5.26 Å². The Balaban J connectivity index is 2.45. The minimum Gasteiger partial charge on any atom is -0.355 e. The number of rotatable bonds is 5. The van der Waals surface area contributed by atoms with Crippen LogP contribution in [0.1, 0.15) is 18.1 Å². The Morgan fingerprint density at radius 3 is 2.56 bits per heavy atom. The van der Waals surface area contributed by atoms with Crippen LogP contribution in [-0.2, 0) is 22.0 Å². The molecule has 1 amide bonds. The lowest BCUT2D eigenvalue weighted by molar-refractivity contribution is -0.120. The number of carbonyl (C=O) groups is 1. The van der Waals surface area contributed by atoms with Gasteiger partial charge in [0.2, 0.25) is 5.91 Å². The van der Waals surface area contributed by atoms with Crippen LogP contribution in [0.3, 0.4) is 0 Å². The summed E-state index contributed by atoms with van der Waals surface area (Å²) in [6, 6.07) is 8.93. The zero-order valence-corrected chi connectivity index (χ0v) is 11.3. The van der Waals surface area contributed by atoms with E-state index in [0.29, 0.717) is 12.1 Å². The van der Waals surface area contributed by atoms with E-state index in [0.717, 1.165) is 5.56 Å². The van der Waals surface area contributed by atoms with Gasteiger partial charge in [0, 0.05) is 28.9 Å². The maximum Gasteiger partial charge on any atom is 0.224 e. The van der Waals surface area contributed by atoms with Gasteiger partial charge in [-0.05, 0) is 24.6 Å². The van der Waals surface area contributed by atoms with Gasteiger partial charge in [-0.3, -0.25) is 9.00 Å². The van der Waals surface area contributed by atoms with Crippen LogP contribution in [0.15, 0.2) is 24.3 Å². The van der Waals surface area contributed by atoms with Gasteiger partial charge >= 0.3 is 0 Å². The number of carbonyl (C=O) groups excluding carboxylic acids is 1. The van der Waals surface area contributed by atoms with Crippen molar-refractivity contribution in [3.05, 3.63) is 35.4 Å². The molecule has 0 aromatic heterocycles. The highest BCUT2D eigenvalue weighted by atomic mass is 32.2.